The largest absolute Gasteiger partial charge is 0.493 e. The molecule has 0 aromatic heterocycles. The van der Waals surface area contributed by atoms with Crippen LogP contribution >= 0.6 is 0 Å². The zero-order valence-corrected chi connectivity index (χ0v) is 8.88. The highest BCUT2D eigenvalue weighted by molar-refractivity contribution is 7.81. The molecule has 0 aliphatic heterocycles. The van der Waals surface area contributed by atoms with Gasteiger partial charge >= 0.3 is 10.5 Å². The first kappa shape index (κ1) is 11.6. The van der Waals surface area contributed by atoms with Crippen molar-refractivity contribution in [1.29, 1.82) is 0 Å². The Hall–Kier alpha value is -1.50. The summed E-state index contributed by atoms with van der Waals surface area (Å²) in [5.74, 6) is 0.454. The second kappa shape index (κ2) is 4.35. The van der Waals surface area contributed by atoms with Gasteiger partial charge in [0, 0.05) is 6.07 Å². The molecule has 1 aromatic carbocycles. The monoisotopic (exact) mass is 236 g/mol. The average Bonchev–Trinajstić information content (AvgIpc) is 2.15. The van der Waals surface area contributed by atoms with Gasteiger partial charge in [0.2, 0.25) is 0 Å². The lowest BCUT2D eigenvalue weighted by molar-refractivity contribution is 0.352. The minimum Gasteiger partial charge on any atom is -0.493 e. The van der Waals surface area contributed by atoms with Crippen molar-refractivity contribution in [3.8, 4) is 17.2 Å². The minimum atomic E-state index is -5.02. The lowest BCUT2D eigenvalue weighted by Crippen LogP contribution is -2.01. The Morgan fingerprint density at radius 1 is 1.13 bits per heavy atom. The van der Waals surface area contributed by atoms with Crippen molar-refractivity contribution in [1.82, 2.24) is 0 Å². The molecule has 0 saturated carbocycles. The van der Waals surface area contributed by atoms with E-state index in [1.54, 1.807) is 0 Å². The number of rotatable bonds is 4. The molecule has 0 N–H and O–H groups in total. The highest BCUT2D eigenvalue weighted by Gasteiger charge is 2.12. The fraction of sp³-hybridized carbons (Fsp3) is 0.250. The van der Waals surface area contributed by atoms with E-state index in [4.69, 9.17) is 9.47 Å². The SMILES string of the molecule is COc1ccc(OS(=O)(=O)F)cc1OC. The predicted octanol–water partition coefficient (Wildman–Crippen LogP) is 1.30. The van der Waals surface area contributed by atoms with Crippen LogP contribution in [0.3, 0.4) is 0 Å². The summed E-state index contributed by atoms with van der Waals surface area (Å²) in [5.41, 5.74) is 0. The first-order valence-electron chi connectivity index (χ1n) is 3.82. The lowest BCUT2D eigenvalue weighted by atomic mass is 10.3. The molecule has 84 valence electrons. The van der Waals surface area contributed by atoms with Crippen molar-refractivity contribution in [2.45, 2.75) is 0 Å². The number of ether oxygens (including phenoxy) is 2. The topological polar surface area (TPSA) is 61.8 Å². The molecule has 7 heteroatoms. The van der Waals surface area contributed by atoms with E-state index in [2.05, 4.69) is 4.18 Å². The normalized spacial score (nSPS) is 10.9. The predicted molar refractivity (Wildman–Crippen MR) is 50.2 cm³/mol. The number of hydrogen-bond acceptors (Lipinski definition) is 5. The van der Waals surface area contributed by atoms with Crippen molar-refractivity contribution < 1.29 is 26.0 Å². The maximum absolute atomic E-state index is 12.2. The molecule has 5 nitrogen and oxygen atoms in total. The zero-order valence-electron chi connectivity index (χ0n) is 8.06. The first-order chi connectivity index (χ1) is 6.96. The van der Waals surface area contributed by atoms with Gasteiger partial charge in [0.05, 0.1) is 14.2 Å². The van der Waals surface area contributed by atoms with E-state index in [0.717, 1.165) is 0 Å². The summed E-state index contributed by atoms with van der Waals surface area (Å²) in [6, 6.07) is 3.85. The molecule has 0 bridgehead atoms. The van der Waals surface area contributed by atoms with Crippen LogP contribution < -0.4 is 13.7 Å². The minimum absolute atomic E-state index is 0.185. The molecule has 0 atom stereocenters. The second-order valence-corrected chi connectivity index (χ2v) is 3.45. The van der Waals surface area contributed by atoms with E-state index in [1.807, 2.05) is 0 Å². The first-order valence-corrected chi connectivity index (χ1v) is 5.13. The van der Waals surface area contributed by atoms with Gasteiger partial charge in [0.15, 0.2) is 11.5 Å². The lowest BCUT2D eigenvalue weighted by Gasteiger charge is -2.08. The summed E-state index contributed by atoms with van der Waals surface area (Å²) in [6.45, 7) is 0. The van der Waals surface area contributed by atoms with E-state index in [1.165, 1.54) is 32.4 Å². The van der Waals surface area contributed by atoms with E-state index in [9.17, 15) is 12.3 Å². The molecular weight excluding hydrogens is 227 g/mol. The quantitative estimate of drug-likeness (QED) is 0.737. The third kappa shape index (κ3) is 3.28. The van der Waals surface area contributed by atoms with Crippen LogP contribution in [0.1, 0.15) is 0 Å². The number of methoxy groups -OCH3 is 2. The molecule has 0 spiro atoms. The van der Waals surface area contributed by atoms with Crippen LogP contribution in [0.2, 0.25) is 0 Å². The molecule has 0 amide bonds. The Balaban J connectivity index is 3.03. The highest BCUT2D eigenvalue weighted by Crippen LogP contribution is 2.31. The summed E-state index contributed by atoms with van der Waals surface area (Å²) in [5, 5.41) is 0. The molecule has 0 aliphatic rings. The number of benzene rings is 1. The third-order valence-corrected chi connectivity index (χ3v) is 1.94. The number of halogens is 1. The number of hydrogen-bond donors (Lipinski definition) is 0. The van der Waals surface area contributed by atoms with E-state index in [-0.39, 0.29) is 11.5 Å². The molecule has 0 aliphatic carbocycles. The van der Waals surface area contributed by atoms with Crippen LogP contribution in [0.25, 0.3) is 0 Å². The van der Waals surface area contributed by atoms with Crippen molar-refractivity contribution in [3.05, 3.63) is 18.2 Å². The van der Waals surface area contributed by atoms with Gasteiger partial charge in [-0.25, -0.2) is 0 Å². The molecule has 0 fully saturated rings. The summed E-state index contributed by atoms with van der Waals surface area (Å²) >= 11 is 0. The van der Waals surface area contributed by atoms with Crippen molar-refractivity contribution in [3.63, 3.8) is 0 Å². The van der Waals surface area contributed by atoms with Crippen LogP contribution in [-0.2, 0) is 10.5 Å². The van der Waals surface area contributed by atoms with E-state index in [0.29, 0.717) is 5.75 Å². The van der Waals surface area contributed by atoms with Crippen molar-refractivity contribution >= 4 is 10.5 Å². The Morgan fingerprint density at radius 2 is 1.73 bits per heavy atom. The molecule has 0 radical (unpaired) electrons. The van der Waals surface area contributed by atoms with Crippen molar-refractivity contribution in [2.75, 3.05) is 14.2 Å². The molecule has 1 rings (SSSR count). The average molecular weight is 236 g/mol. The fourth-order valence-electron chi connectivity index (χ4n) is 0.983. The van der Waals surface area contributed by atoms with Crippen LogP contribution in [0.4, 0.5) is 3.89 Å². The molecular formula is C8H9FO5S. The van der Waals surface area contributed by atoms with Gasteiger partial charge in [-0.05, 0) is 12.1 Å². The maximum atomic E-state index is 12.2. The Kier molecular flexibility index (Phi) is 3.35. The van der Waals surface area contributed by atoms with E-state index >= 15 is 0 Å². The zero-order chi connectivity index (χ0) is 11.5. The van der Waals surface area contributed by atoms with Gasteiger partial charge < -0.3 is 13.7 Å². The van der Waals surface area contributed by atoms with Gasteiger partial charge in [-0.15, -0.1) is 0 Å². The van der Waals surface area contributed by atoms with Gasteiger partial charge in [0.25, 0.3) is 0 Å². The van der Waals surface area contributed by atoms with Crippen LogP contribution in [0.15, 0.2) is 18.2 Å². The van der Waals surface area contributed by atoms with Gasteiger partial charge in [-0.1, -0.05) is 3.89 Å². The standard InChI is InChI=1S/C8H9FO5S/c1-12-7-4-3-6(5-8(7)13-2)14-15(9,10)11/h3-5H,1-2H3. The summed E-state index contributed by atoms with van der Waals surface area (Å²) in [7, 11) is -2.23. The summed E-state index contributed by atoms with van der Waals surface area (Å²) in [6.07, 6.45) is 0. The summed E-state index contributed by atoms with van der Waals surface area (Å²) in [4.78, 5) is 0. The summed E-state index contributed by atoms with van der Waals surface area (Å²) < 4.78 is 46.3. The van der Waals surface area contributed by atoms with Gasteiger partial charge in [0.1, 0.15) is 5.75 Å². The van der Waals surface area contributed by atoms with Crippen molar-refractivity contribution in [2.24, 2.45) is 0 Å². The molecule has 15 heavy (non-hydrogen) atoms. The smallest absolute Gasteiger partial charge is 0.488 e. The highest BCUT2D eigenvalue weighted by atomic mass is 32.3. The molecule has 0 unspecified atom stereocenters. The Morgan fingerprint density at radius 3 is 2.20 bits per heavy atom. The Labute approximate surface area is 86.8 Å². The fourth-order valence-corrected chi connectivity index (χ4v) is 1.32. The van der Waals surface area contributed by atoms with Gasteiger partial charge in [-0.3, -0.25) is 0 Å². The van der Waals surface area contributed by atoms with E-state index < -0.39 is 10.5 Å². The third-order valence-electron chi connectivity index (χ3n) is 1.55. The van der Waals surface area contributed by atoms with Crippen LogP contribution in [0, 0.1) is 0 Å². The maximum Gasteiger partial charge on any atom is 0.488 e. The molecule has 1 aromatic rings. The molecule has 0 saturated heterocycles. The van der Waals surface area contributed by atoms with Gasteiger partial charge in [-0.2, -0.15) is 8.42 Å². The Bertz CT molecular complexity index is 442. The van der Waals surface area contributed by atoms with Crippen LogP contribution in [-0.4, -0.2) is 22.6 Å². The molecule has 0 heterocycles. The second-order valence-electron chi connectivity index (χ2n) is 2.49. The van der Waals surface area contributed by atoms with Crippen LogP contribution in [0.5, 0.6) is 17.2 Å².